The van der Waals surface area contributed by atoms with Crippen molar-refractivity contribution in [3.63, 3.8) is 0 Å². The van der Waals surface area contributed by atoms with E-state index >= 15 is 0 Å². The first-order chi connectivity index (χ1) is 20.7. The van der Waals surface area contributed by atoms with Crippen LogP contribution in [0.5, 0.6) is 0 Å². The van der Waals surface area contributed by atoms with Crippen LogP contribution in [0.1, 0.15) is 159 Å². The number of hydrogen-bond donors (Lipinski definition) is 2. The lowest BCUT2D eigenvalue weighted by molar-refractivity contribution is -0.154. The van der Waals surface area contributed by atoms with Crippen molar-refractivity contribution in [3.05, 3.63) is 0 Å². The molecule has 0 heterocycles. The van der Waals surface area contributed by atoms with Crippen LogP contribution in [-0.2, 0) is 33.4 Å². The maximum atomic E-state index is 11.8. The molecule has 0 saturated heterocycles. The van der Waals surface area contributed by atoms with Crippen molar-refractivity contribution in [3.8, 4) is 0 Å². The molecule has 0 saturated carbocycles. The highest BCUT2D eigenvalue weighted by Crippen LogP contribution is 2.28. The van der Waals surface area contributed by atoms with Crippen molar-refractivity contribution >= 4 is 29.5 Å². The van der Waals surface area contributed by atoms with Gasteiger partial charge in [-0.05, 0) is 112 Å². The molecule has 9 nitrogen and oxygen atoms in total. The molecule has 0 aliphatic rings. The van der Waals surface area contributed by atoms with E-state index in [4.69, 9.17) is 19.7 Å². The Morgan fingerprint density at radius 2 is 0.844 bits per heavy atom. The minimum absolute atomic E-state index is 0.0933. The highest BCUT2D eigenvalue weighted by molar-refractivity contribution is 5.79. The molecule has 0 aromatic carbocycles. The molecule has 0 unspecified atom stereocenters. The SMILES string of the molecule is CCOC(=O)C(C)(C)CCCCC(=O)CCCC(C)(C)C(=O)O.CCOC(=O)C(C)(C)CCCCC(=O)CCCC(C)(C)CO. The van der Waals surface area contributed by atoms with Crippen molar-refractivity contribution in [2.24, 2.45) is 21.7 Å². The van der Waals surface area contributed by atoms with E-state index in [2.05, 4.69) is 0 Å². The molecule has 9 heteroatoms. The zero-order valence-corrected chi connectivity index (χ0v) is 30.3. The first kappa shape index (κ1) is 44.8. The molecule has 0 radical (unpaired) electrons. The molecule has 0 bridgehead atoms. The van der Waals surface area contributed by atoms with Crippen LogP contribution in [0.15, 0.2) is 0 Å². The van der Waals surface area contributed by atoms with Crippen LogP contribution >= 0.6 is 0 Å². The summed E-state index contributed by atoms with van der Waals surface area (Å²) in [7, 11) is 0. The number of esters is 2. The Morgan fingerprint density at radius 1 is 0.511 bits per heavy atom. The van der Waals surface area contributed by atoms with Gasteiger partial charge in [0.05, 0.1) is 29.5 Å². The minimum atomic E-state index is -0.828. The summed E-state index contributed by atoms with van der Waals surface area (Å²) in [6.07, 6.45) is 9.59. The predicted octanol–water partition coefficient (Wildman–Crippen LogP) is 7.88. The number of carboxylic acids is 1. The molecule has 0 atom stereocenters. The Labute approximate surface area is 273 Å². The highest BCUT2D eigenvalue weighted by atomic mass is 16.5. The summed E-state index contributed by atoms with van der Waals surface area (Å²) in [6, 6.07) is 0. The Bertz CT molecular complexity index is 900. The van der Waals surface area contributed by atoms with Crippen LogP contribution in [0.4, 0.5) is 0 Å². The standard InChI is InChI=1S/C18H32O5.C18H34O4/c1-6-23-16(22)18(4,5)12-8-7-10-14(19)11-9-13-17(2,3)15(20)21;1-6-22-16(21)18(4,5)13-8-7-10-15(20)11-9-12-17(2,3)14-19/h6-13H2,1-5H3,(H,20,21);19H,6-14H2,1-5H3. The van der Waals surface area contributed by atoms with Gasteiger partial charge < -0.3 is 19.7 Å². The number of aliphatic hydroxyl groups excluding tert-OH is 1. The summed E-state index contributed by atoms with van der Waals surface area (Å²) in [5.74, 6) is -0.733. The highest BCUT2D eigenvalue weighted by Gasteiger charge is 2.30. The largest absolute Gasteiger partial charge is 0.481 e. The number of rotatable bonds is 24. The number of carbonyl (C=O) groups is 5. The smallest absolute Gasteiger partial charge is 0.311 e. The molecule has 45 heavy (non-hydrogen) atoms. The van der Waals surface area contributed by atoms with E-state index in [1.54, 1.807) is 20.8 Å². The number of Topliss-reactive ketones (excluding diaryl/α,β-unsaturated/α-hetero) is 2. The molecule has 0 spiro atoms. The molecule has 0 rings (SSSR count). The van der Waals surface area contributed by atoms with Gasteiger partial charge in [-0.25, -0.2) is 0 Å². The number of hydrogen-bond acceptors (Lipinski definition) is 8. The number of carboxylic acid groups (broad SMARTS) is 1. The van der Waals surface area contributed by atoms with E-state index in [9.17, 15) is 24.0 Å². The van der Waals surface area contributed by atoms with Gasteiger partial charge in [0.1, 0.15) is 11.6 Å². The fraction of sp³-hybridized carbons (Fsp3) is 0.861. The Hall–Kier alpha value is -2.29. The third-order valence-electron chi connectivity index (χ3n) is 8.24. The summed E-state index contributed by atoms with van der Waals surface area (Å²) in [5.41, 5.74) is -1.84. The van der Waals surface area contributed by atoms with E-state index in [-0.39, 0.29) is 35.5 Å². The van der Waals surface area contributed by atoms with Crippen LogP contribution < -0.4 is 0 Å². The predicted molar refractivity (Wildman–Crippen MR) is 178 cm³/mol. The number of aliphatic carboxylic acids is 1. The quantitative estimate of drug-likeness (QED) is 0.0793. The van der Waals surface area contributed by atoms with Crippen molar-refractivity contribution < 1.29 is 43.7 Å². The number of unbranched alkanes of at least 4 members (excludes halogenated alkanes) is 2. The average Bonchev–Trinajstić information content (AvgIpc) is 2.94. The molecular weight excluding hydrogens is 576 g/mol. The summed E-state index contributed by atoms with van der Waals surface area (Å²) in [5, 5.41) is 18.2. The summed E-state index contributed by atoms with van der Waals surface area (Å²) < 4.78 is 10.1. The zero-order chi connectivity index (χ0) is 35.3. The van der Waals surface area contributed by atoms with E-state index < -0.39 is 22.2 Å². The molecule has 0 aromatic heterocycles. The van der Waals surface area contributed by atoms with Gasteiger partial charge in [0.15, 0.2) is 0 Å². The molecule has 264 valence electrons. The Kier molecular flexibility index (Phi) is 22.2. The summed E-state index contributed by atoms with van der Waals surface area (Å²) >= 11 is 0. The lowest BCUT2D eigenvalue weighted by atomic mass is 9.86. The number of aliphatic hydroxyl groups is 1. The van der Waals surface area contributed by atoms with E-state index in [0.29, 0.717) is 58.2 Å². The zero-order valence-electron chi connectivity index (χ0n) is 30.3. The van der Waals surface area contributed by atoms with Crippen LogP contribution in [-0.4, -0.2) is 59.5 Å². The fourth-order valence-corrected chi connectivity index (χ4v) is 4.56. The van der Waals surface area contributed by atoms with Gasteiger partial charge in [0, 0.05) is 32.3 Å². The normalized spacial score (nSPS) is 12.2. The van der Waals surface area contributed by atoms with Gasteiger partial charge in [0.25, 0.3) is 0 Å². The van der Waals surface area contributed by atoms with Gasteiger partial charge in [-0.1, -0.05) is 26.7 Å². The van der Waals surface area contributed by atoms with Crippen molar-refractivity contribution in [1.82, 2.24) is 0 Å². The van der Waals surface area contributed by atoms with Gasteiger partial charge >= 0.3 is 17.9 Å². The third kappa shape index (κ3) is 22.0. The first-order valence-corrected chi connectivity index (χ1v) is 16.9. The lowest BCUT2D eigenvalue weighted by Crippen LogP contribution is -2.26. The van der Waals surface area contributed by atoms with E-state index in [1.807, 2.05) is 48.5 Å². The van der Waals surface area contributed by atoms with Gasteiger partial charge in [0.2, 0.25) is 0 Å². The molecular formula is C36H66O9. The molecule has 0 aliphatic carbocycles. The van der Waals surface area contributed by atoms with Gasteiger partial charge in [-0.3, -0.25) is 24.0 Å². The van der Waals surface area contributed by atoms with Gasteiger partial charge in [-0.15, -0.1) is 0 Å². The van der Waals surface area contributed by atoms with Crippen LogP contribution in [0.25, 0.3) is 0 Å². The van der Waals surface area contributed by atoms with E-state index in [0.717, 1.165) is 44.9 Å². The molecule has 0 amide bonds. The first-order valence-electron chi connectivity index (χ1n) is 16.9. The Balaban J connectivity index is 0. The second-order valence-corrected chi connectivity index (χ2v) is 14.9. The molecule has 0 aromatic rings. The number of ketones is 2. The van der Waals surface area contributed by atoms with Crippen molar-refractivity contribution in [1.29, 1.82) is 0 Å². The number of carbonyl (C=O) groups excluding carboxylic acids is 4. The maximum Gasteiger partial charge on any atom is 0.311 e. The molecule has 0 fully saturated rings. The number of ether oxygens (including phenoxy) is 2. The second-order valence-electron chi connectivity index (χ2n) is 14.9. The van der Waals surface area contributed by atoms with Crippen molar-refractivity contribution in [2.75, 3.05) is 19.8 Å². The van der Waals surface area contributed by atoms with Crippen molar-refractivity contribution in [2.45, 2.75) is 159 Å². The molecule has 0 aliphatic heterocycles. The van der Waals surface area contributed by atoms with Crippen LogP contribution in [0.2, 0.25) is 0 Å². The maximum absolute atomic E-state index is 11.8. The topological polar surface area (TPSA) is 144 Å². The van der Waals surface area contributed by atoms with Gasteiger partial charge in [-0.2, -0.15) is 0 Å². The van der Waals surface area contributed by atoms with E-state index in [1.165, 1.54) is 0 Å². The Morgan fingerprint density at radius 3 is 1.18 bits per heavy atom. The lowest BCUT2D eigenvalue weighted by Gasteiger charge is -2.22. The van der Waals surface area contributed by atoms with Crippen LogP contribution in [0.3, 0.4) is 0 Å². The fourth-order valence-electron chi connectivity index (χ4n) is 4.56. The summed E-state index contributed by atoms with van der Waals surface area (Å²) in [6.45, 7) is 19.4. The molecule has 2 N–H and O–H groups in total. The average molecular weight is 643 g/mol. The second kappa shape index (κ2) is 22.3. The monoisotopic (exact) mass is 642 g/mol. The summed E-state index contributed by atoms with van der Waals surface area (Å²) in [4.78, 5) is 58.1. The van der Waals surface area contributed by atoms with Crippen LogP contribution in [0, 0.1) is 21.7 Å². The third-order valence-corrected chi connectivity index (χ3v) is 8.24. The minimum Gasteiger partial charge on any atom is -0.481 e.